The third kappa shape index (κ3) is 5.95. The van der Waals surface area contributed by atoms with Crippen LogP contribution in [0.2, 0.25) is 0 Å². The summed E-state index contributed by atoms with van der Waals surface area (Å²) in [6.45, 7) is 0.268. The van der Waals surface area contributed by atoms with Crippen LogP contribution in [0.4, 0.5) is 4.79 Å². The number of carboxylic acid groups (broad SMARTS) is 1. The number of alkyl carbamates (subject to hydrolysis) is 1. The highest BCUT2D eigenvalue weighted by molar-refractivity contribution is 5.91. The van der Waals surface area contributed by atoms with Crippen molar-refractivity contribution in [3.8, 4) is 11.1 Å². The minimum Gasteiger partial charge on any atom is -0.480 e. The second kappa shape index (κ2) is 11.2. The van der Waals surface area contributed by atoms with E-state index in [1.54, 1.807) is 12.1 Å². The van der Waals surface area contributed by atoms with Crippen molar-refractivity contribution in [3.63, 3.8) is 0 Å². The number of carboxylic acids is 1. The van der Waals surface area contributed by atoms with Gasteiger partial charge in [0, 0.05) is 25.0 Å². The van der Waals surface area contributed by atoms with Gasteiger partial charge in [0.25, 0.3) is 0 Å². The fourth-order valence-corrected chi connectivity index (χ4v) is 4.23. The van der Waals surface area contributed by atoms with Crippen molar-refractivity contribution in [1.29, 1.82) is 0 Å². The minimum absolute atomic E-state index is 0.0352. The van der Waals surface area contributed by atoms with Gasteiger partial charge in [-0.05, 0) is 27.8 Å². The van der Waals surface area contributed by atoms with Crippen molar-refractivity contribution in [1.82, 2.24) is 10.6 Å². The first-order valence-electron chi connectivity index (χ1n) is 11.4. The van der Waals surface area contributed by atoms with Crippen LogP contribution < -0.4 is 10.6 Å². The molecule has 0 aliphatic heterocycles. The van der Waals surface area contributed by atoms with Gasteiger partial charge in [-0.2, -0.15) is 0 Å². The molecule has 0 saturated heterocycles. The van der Waals surface area contributed by atoms with E-state index in [2.05, 4.69) is 22.8 Å². The van der Waals surface area contributed by atoms with Crippen LogP contribution >= 0.6 is 0 Å². The Kier molecular flexibility index (Phi) is 7.57. The van der Waals surface area contributed by atoms with E-state index < -0.39 is 24.0 Å². The summed E-state index contributed by atoms with van der Waals surface area (Å²) in [6.07, 6.45) is 2.22. The number of benzene rings is 3. The molecule has 35 heavy (non-hydrogen) atoms. The molecule has 3 N–H and O–H groups in total. The highest BCUT2D eigenvalue weighted by Crippen LogP contribution is 2.44. The lowest BCUT2D eigenvalue weighted by Crippen LogP contribution is -2.41. The Morgan fingerprint density at radius 3 is 2.11 bits per heavy atom. The molecule has 3 aromatic rings. The zero-order chi connectivity index (χ0) is 24.6. The number of rotatable bonds is 9. The van der Waals surface area contributed by atoms with Gasteiger partial charge in [0.15, 0.2) is 0 Å². The molecule has 1 aliphatic carbocycles. The quantitative estimate of drug-likeness (QED) is 0.412. The number of amides is 2. The Balaban J connectivity index is 1.24. The molecule has 0 saturated carbocycles. The molecule has 0 heterocycles. The van der Waals surface area contributed by atoms with Crippen molar-refractivity contribution in [2.24, 2.45) is 0 Å². The van der Waals surface area contributed by atoms with Gasteiger partial charge in [0.05, 0.1) is 0 Å². The van der Waals surface area contributed by atoms with Crippen molar-refractivity contribution in [2.75, 3.05) is 13.2 Å². The number of aliphatic carboxylic acids is 1. The first-order valence-corrected chi connectivity index (χ1v) is 11.4. The van der Waals surface area contributed by atoms with E-state index in [9.17, 15) is 19.5 Å². The lowest BCUT2D eigenvalue weighted by Gasteiger charge is -2.14. The number of nitrogens with one attached hydrogen (secondary N) is 2. The highest BCUT2D eigenvalue weighted by Gasteiger charge is 2.28. The fraction of sp³-hybridized carbons (Fsp3) is 0.179. The summed E-state index contributed by atoms with van der Waals surface area (Å²) in [6, 6.07) is 24.2. The number of fused-ring (bicyclic) bond motifs is 3. The van der Waals surface area contributed by atoms with Crippen molar-refractivity contribution in [2.45, 2.75) is 18.4 Å². The van der Waals surface area contributed by atoms with E-state index in [4.69, 9.17) is 4.74 Å². The first-order chi connectivity index (χ1) is 17.0. The summed E-state index contributed by atoms with van der Waals surface area (Å²) < 4.78 is 5.45. The molecule has 0 bridgehead atoms. The maximum Gasteiger partial charge on any atom is 0.407 e. The molecule has 7 heteroatoms. The average molecular weight is 471 g/mol. The predicted octanol–water partition coefficient (Wildman–Crippen LogP) is 3.89. The topological polar surface area (TPSA) is 105 Å². The van der Waals surface area contributed by atoms with E-state index in [0.29, 0.717) is 0 Å². The van der Waals surface area contributed by atoms with E-state index in [0.717, 1.165) is 27.8 Å². The molecule has 4 rings (SSSR count). The highest BCUT2D eigenvalue weighted by atomic mass is 16.5. The molecule has 3 aromatic carbocycles. The molecule has 0 fully saturated rings. The lowest BCUT2D eigenvalue weighted by molar-refractivity contribution is -0.141. The number of hydrogen-bond donors (Lipinski definition) is 3. The number of carbonyl (C=O) groups is 3. The zero-order valence-corrected chi connectivity index (χ0v) is 19.0. The zero-order valence-electron chi connectivity index (χ0n) is 19.0. The van der Waals surface area contributed by atoms with Gasteiger partial charge in [0.1, 0.15) is 12.6 Å². The van der Waals surface area contributed by atoms with E-state index in [-0.39, 0.29) is 25.5 Å². The van der Waals surface area contributed by atoms with Crippen LogP contribution in [-0.4, -0.2) is 42.3 Å². The molecule has 0 unspecified atom stereocenters. The molecule has 2 amide bonds. The van der Waals surface area contributed by atoms with Crippen molar-refractivity contribution < 1.29 is 24.2 Å². The molecule has 7 nitrogen and oxygen atoms in total. The van der Waals surface area contributed by atoms with E-state index in [1.807, 2.05) is 54.6 Å². The van der Waals surface area contributed by atoms with Gasteiger partial charge in [-0.25, -0.2) is 9.59 Å². The SMILES string of the molecule is O=C(/C=C/CNC(=O)OCC1c2ccccc2-c2ccccc21)N[C@@H](Cc1ccccc1)C(=O)O. The molecule has 0 radical (unpaired) electrons. The Morgan fingerprint density at radius 2 is 1.49 bits per heavy atom. The first kappa shape index (κ1) is 23.8. The van der Waals surface area contributed by atoms with E-state index in [1.165, 1.54) is 12.2 Å². The molecule has 1 aliphatic rings. The van der Waals surface area contributed by atoms with Crippen LogP contribution in [0.3, 0.4) is 0 Å². The van der Waals surface area contributed by atoms with Gasteiger partial charge in [0.2, 0.25) is 5.91 Å². The van der Waals surface area contributed by atoms with Crippen LogP contribution in [0.5, 0.6) is 0 Å². The normalized spacial score (nSPS) is 13.0. The summed E-state index contributed by atoms with van der Waals surface area (Å²) in [4.78, 5) is 35.8. The maximum atomic E-state index is 12.2. The summed E-state index contributed by atoms with van der Waals surface area (Å²) >= 11 is 0. The van der Waals surface area contributed by atoms with Gasteiger partial charge < -0.3 is 20.5 Å². The van der Waals surface area contributed by atoms with Gasteiger partial charge in [-0.15, -0.1) is 0 Å². The van der Waals surface area contributed by atoms with Gasteiger partial charge in [-0.3, -0.25) is 4.79 Å². The van der Waals surface area contributed by atoms with Crippen LogP contribution in [0, 0.1) is 0 Å². The molecule has 178 valence electrons. The maximum absolute atomic E-state index is 12.2. The molecular weight excluding hydrogens is 444 g/mol. The number of carbonyl (C=O) groups excluding carboxylic acids is 2. The van der Waals surface area contributed by atoms with Crippen LogP contribution in [-0.2, 0) is 20.7 Å². The second-order valence-corrected chi connectivity index (χ2v) is 8.20. The molecule has 0 aromatic heterocycles. The lowest BCUT2D eigenvalue weighted by atomic mass is 9.98. The third-order valence-corrected chi connectivity index (χ3v) is 5.87. The van der Waals surface area contributed by atoms with Crippen molar-refractivity contribution in [3.05, 3.63) is 108 Å². The number of ether oxygens (including phenoxy) is 1. The fourth-order valence-electron chi connectivity index (χ4n) is 4.23. The average Bonchev–Trinajstić information content (AvgIpc) is 3.19. The minimum atomic E-state index is -1.12. The summed E-state index contributed by atoms with van der Waals surface area (Å²) in [5.41, 5.74) is 5.36. The Morgan fingerprint density at radius 1 is 0.886 bits per heavy atom. The number of hydrogen-bond acceptors (Lipinski definition) is 4. The Bertz CT molecular complexity index is 1190. The van der Waals surface area contributed by atoms with E-state index >= 15 is 0 Å². The molecule has 1 atom stereocenters. The smallest absolute Gasteiger partial charge is 0.407 e. The standard InChI is InChI=1S/C28H26N2O5/c31-26(30-25(27(32)33)17-19-9-2-1-3-10-19)15-8-16-29-28(34)35-18-24-22-13-6-4-11-20(22)21-12-5-7-14-23(21)24/h1-15,24-25H,16-18H2,(H,29,34)(H,30,31)(H,32,33)/b15-8+/t25-/m0/s1. The summed E-state index contributed by atoms with van der Waals surface area (Å²) in [5.74, 6) is -1.71. The van der Waals surface area contributed by atoms with Crippen LogP contribution in [0.15, 0.2) is 91.0 Å². The van der Waals surface area contributed by atoms with Crippen LogP contribution in [0.25, 0.3) is 11.1 Å². The Hall–Kier alpha value is -4.39. The predicted molar refractivity (Wildman–Crippen MR) is 132 cm³/mol. The van der Waals surface area contributed by atoms with Gasteiger partial charge in [-0.1, -0.05) is 84.9 Å². The van der Waals surface area contributed by atoms with Crippen molar-refractivity contribution >= 4 is 18.0 Å². The molecule has 0 spiro atoms. The largest absolute Gasteiger partial charge is 0.480 e. The summed E-state index contributed by atoms with van der Waals surface area (Å²) in [5, 5.41) is 14.4. The second-order valence-electron chi connectivity index (χ2n) is 8.20. The Labute approximate surface area is 203 Å². The monoisotopic (exact) mass is 470 g/mol. The summed E-state index contributed by atoms with van der Waals surface area (Å²) in [7, 11) is 0. The van der Waals surface area contributed by atoms with Crippen LogP contribution in [0.1, 0.15) is 22.6 Å². The van der Waals surface area contributed by atoms with Gasteiger partial charge >= 0.3 is 12.1 Å². The third-order valence-electron chi connectivity index (χ3n) is 5.87. The molecular formula is C28H26N2O5.